The molecule has 1 fully saturated rings. The minimum absolute atomic E-state index is 0.0542. The Morgan fingerprint density at radius 1 is 0.892 bits per heavy atom. The van der Waals surface area contributed by atoms with Crippen molar-refractivity contribution in [2.45, 2.75) is 52.4 Å². The van der Waals surface area contributed by atoms with Crippen LogP contribution >= 0.6 is 11.3 Å². The fourth-order valence-corrected chi connectivity index (χ4v) is 7.01. The van der Waals surface area contributed by atoms with Crippen molar-refractivity contribution in [3.8, 4) is 0 Å². The first-order valence-corrected chi connectivity index (χ1v) is 13.1. The summed E-state index contributed by atoms with van der Waals surface area (Å²) in [5.41, 5.74) is 7.62. The van der Waals surface area contributed by atoms with Crippen molar-refractivity contribution in [2.75, 3.05) is 11.9 Å². The fraction of sp³-hybridized carbons (Fsp3) is 0.310. The number of benzene rings is 1. The van der Waals surface area contributed by atoms with Crippen molar-refractivity contribution in [3.05, 3.63) is 74.3 Å². The molecule has 0 atom stereocenters. The summed E-state index contributed by atoms with van der Waals surface area (Å²) in [5, 5.41) is 3.26. The van der Waals surface area contributed by atoms with Gasteiger partial charge in [0.1, 0.15) is 16.4 Å². The maximum Gasteiger partial charge on any atom is 0.331 e. The highest BCUT2D eigenvalue weighted by atomic mass is 32.1. The Bertz CT molecular complexity index is 1610. The molecule has 3 aromatic rings. The van der Waals surface area contributed by atoms with Crippen molar-refractivity contribution in [1.29, 1.82) is 0 Å². The van der Waals surface area contributed by atoms with E-state index in [0.717, 1.165) is 43.0 Å². The number of aryl methyl sites for hydroxylation is 2. The molecule has 0 spiro atoms. The lowest BCUT2D eigenvalue weighted by Crippen LogP contribution is -2.52. The van der Waals surface area contributed by atoms with E-state index in [1.807, 2.05) is 6.20 Å². The van der Waals surface area contributed by atoms with E-state index in [9.17, 15) is 14.4 Å². The van der Waals surface area contributed by atoms with Crippen molar-refractivity contribution >= 4 is 51.8 Å². The van der Waals surface area contributed by atoms with Crippen LogP contribution in [0.2, 0.25) is 0 Å². The molecule has 8 heteroatoms. The molecular weight excluding hydrogens is 484 g/mol. The number of pyridine rings is 1. The zero-order chi connectivity index (χ0) is 26.6. The second-order valence-corrected chi connectivity index (χ2v) is 12.3. The normalized spacial score (nSPS) is 20.0. The maximum atomic E-state index is 12.7. The van der Waals surface area contributed by atoms with Crippen molar-refractivity contribution in [3.63, 3.8) is 0 Å². The Balaban J connectivity index is 1.62. The number of imide groups is 2. The number of likely N-dealkylation sites (N-methyl/N-ethyl adjacent to an activating group) is 1. The smallest absolute Gasteiger partial charge is 0.285 e. The summed E-state index contributed by atoms with van der Waals surface area (Å²) in [6.07, 6.45) is 3.50. The molecule has 3 aliphatic rings. The number of barbiturate groups is 1. The summed E-state index contributed by atoms with van der Waals surface area (Å²) in [6.45, 7) is 13.2. The van der Waals surface area contributed by atoms with Crippen LogP contribution in [-0.2, 0) is 20.4 Å². The number of carbonyl (C=O) groups excluding carboxylic acids is 3. The number of rotatable bonds is 1. The molecule has 3 aliphatic heterocycles. The topological polar surface area (TPSA) is 82.6 Å². The van der Waals surface area contributed by atoms with E-state index in [0.29, 0.717) is 0 Å². The Labute approximate surface area is 219 Å². The molecule has 0 aliphatic carbocycles. The van der Waals surface area contributed by atoms with E-state index in [4.69, 9.17) is 4.98 Å². The SMILES string of the molecule is Cc1cnc2c(c1)C(C)(C)c1cc(C)cc3c1N2c1sc(/C=C2\C(=O)NC(=O)N(C)C2=O)cc1C3(C)C. The number of aromatic nitrogens is 1. The van der Waals surface area contributed by atoms with Crippen LogP contribution in [0.4, 0.5) is 21.3 Å². The van der Waals surface area contributed by atoms with E-state index in [1.54, 1.807) is 6.08 Å². The Morgan fingerprint density at radius 3 is 2.19 bits per heavy atom. The summed E-state index contributed by atoms with van der Waals surface area (Å²) < 4.78 is 0. The van der Waals surface area contributed by atoms with Crippen LogP contribution in [0.25, 0.3) is 6.08 Å². The van der Waals surface area contributed by atoms with Gasteiger partial charge in [0.15, 0.2) is 0 Å². The second kappa shape index (κ2) is 7.38. The second-order valence-electron chi connectivity index (χ2n) is 11.2. The minimum atomic E-state index is -0.717. The predicted octanol–water partition coefficient (Wildman–Crippen LogP) is 5.60. The molecule has 0 saturated carbocycles. The van der Waals surface area contributed by atoms with Gasteiger partial charge in [-0.15, -0.1) is 11.3 Å². The Morgan fingerprint density at radius 2 is 1.51 bits per heavy atom. The number of nitrogens with zero attached hydrogens (tertiary/aromatic N) is 3. The molecular formula is C29H28N4O3S. The lowest BCUT2D eigenvalue weighted by Gasteiger charge is -2.47. The standard InChI is InChI=1S/C29H28N4O3S/c1-14-8-18-22-19(9-14)29(5,6)21-12-16(11-17-24(34)31-27(36)32(7)25(17)35)37-26(21)33(22)23-20(28(18,3)4)10-15(2)13-30-23/h8-13H,1-7H3,(H,31,34,36)/b17-11+. The number of nitrogens with one attached hydrogen (secondary N) is 1. The highest BCUT2D eigenvalue weighted by molar-refractivity contribution is 7.17. The molecule has 0 unspecified atom stereocenters. The van der Waals surface area contributed by atoms with Crippen LogP contribution in [-0.4, -0.2) is 34.8 Å². The molecule has 1 saturated heterocycles. The monoisotopic (exact) mass is 512 g/mol. The summed E-state index contributed by atoms with van der Waals surface area (Å²) in [6, 6.07) is 8.11. The van der Waals surface area contributed by atoms with Crippen LogP contribution in [0.3, 0.4) is 0 Å². The van der Waals surface area contributed by atoms with Crippen LogP contribution in [0.1, 0.15) is 66.0 Å². The highest BCUT2D eigenvalue weighted by Crippen LogP contribution is 2.61. The lowest BCUT2D eigenvalue weighted by molar-refractivity contribution is -0.129. The molecule has 5 heterocycles. The van der Waals surface area contributed by atoms with Crippen LogP contribution in [0, 0.1) is 13.8 Å². The predicted molar refractivity (Wildman–Crippen MR) is 145 cm³/mol. The first kappa shape index (κ1) is 23.6. The van der Waals surface area contributed by atoms with Gasteiger partial charge in [0.2, 0.25) is 0 Å². The summed E-state index contributed by atoms with van der Waals surface area (Å²) in [5.74, 6) is -0.382. The summed E-state index contributed by atoms with van der Waals surface area (Å²) in [7, 11) is 1.36. The van der Waals surface area contributed by atoms with E-state index in [-0.39, 0.29) is 16.4 Å². The van der Waals surface area contributed by atoms with E-state index in [2.05, 4.69) is 76.0 Å². The molecule has 0 bridgehead atoms. The van der Waals surface area contributed by atoms with Gasteiger partial charge in [0.25, 0.3) is 11.8 Å². The van der Waals surface area contributed by atoms with Gasteiger partial charge in [-0.25, -0.2) is 9.78 Å². The van der Waals surface area contributed by atoms with E-state index in [1.165, 1.54) is 35.1 Å². The molecule has 1 N–H and O–H groups in total. The minimum Gasteiger partial charge on any atom is -0.285 e. The van der Waals surface area contributed by atoms with Gasteiger partial charge in [-0.3, -0.25) is 24.7 Å². The van der Waals surface area contributed by atoms with Gasteiger partial charge in [0, 0.05) is 34.5 Å². The number of amides is 4. The Kier molecular flexibility index (Phi) is 4.71. The third kappa shape index (κ3) is 3.11. The molecule has 188 valence electrons. The average Bonchev–Trinajstić information content (AvgIpc) is 3.25. The van der Waals surface area contributed by atoms with Crippen molar-refractivity contribution < 1.29 is 14.4 Å². The number of fused-ring (bicyclic) bond motifs is 4. The third-order valence-electron chi connectivity index (χ3n) is 7.91. The number of hydrogen-bond acceptors (Lipinski definition) is 6. The fourth-order valence-electron chi connectivity index (χ4n) is 5.74. The summed E-state index contributed by atoms with van der Waals surface area (Å²) >= 11 is 1.52. The van der Waals surface area contributed by atoms with Gasteiger partial charge in [0.05, 0.1) is 5.69 Å². The quantitative estimate of drug-likeness (QED) is 0.339. The third-order valence-corrected chi connectivity index (χ3v) is 8.98. The average molecular weight is 513 g/mol. The summed E-state index contributed by atoms with van der Waals surface area (Å²) in [4.78, 5) is 46.0. The highest BCUT2D eigenvalue weighted by Gasteiger charge is 2.47. The van der Waals surface area contributed by atoms with Crippen molar-refractivity contribution in [1.82, 2.24) is 15.2 Å². The van der Waals surface area contributed by atoms with E-state index < -0.39 is 17.8 Å². The van der Waals surface area contributed by atoms with Gasteiger partial charge >= 0.3 is 6.03 Å². The van der Waals surface area contributed by atoms with Crippen LogP contribution in [0.15, 0.2) is 36.0 Å². The molecule has 6 rings (SSSR count). The van der Waals surface area contributed by atoms with Gasteiger partial charge in [-0.1, -0.05) is 45.4 Å². The molecule has 2 aromatic heterocycles. The number of carbonyl (C=O) groups is 3. The van der Waals surface area contributed by atoms with E-state index >= 15 is 0 Å². The Hall–Kier alpha value is -3.78. The number of urea groups is 1. The van der Waals surface area contributed by atoms with Gasteiger partial charge < -0.3 is 0 Å². The maximum absolute atomic E-state index is 12.7. The number of anilines is 3. The zero-order valence-electron chi connectivity index (χ0n) is 21.9. The zero-order valence-corrected chi connectivity index (χ0v) is 22.8. The molecule has 4 amide bonds. The van der Waals surface area contributed by atoms with Crippen molar-refractivity contribution in [2.24, 2.45) is 0 Å². The molecule has 37 heavy (non-hydrogen) atoms. The lowest BCUT2D eigenvalue weighted by atomic mass is 9.67. The van der Waals surface area contributed by atoms with Crippen LogP contribution < -0.4 is 10.2 Å². The van der Waals surface area contributed by atoms with Gasteiger partial charge in [-0.2, -0.15) is 0 Å². The van der Waals surface area contributed by atoms with Crippen LogP contribution in [0.5, 0.6) is 0 Å². The van der Waals surface area contributed by atoms with Gasteiger partial charge in [-0.05, 0) is 54.3 Å². The molecule has 0 radical (unpaired) electrons. The largest absolute Gasteiger partial charge is 0.331 e. The number of hydrogen-bond donors (Lipinski definition) is 1. The number of thiophene rings is 1. The first-order chi connectivity index (χ1) is 17.3. The molecule has 1 aromatic carbocycles. The first-order valence-electron chi connectivity index (χ1n) is 12.2. The molecule has 7 nitrogen and oxygen atoms in total.